The molecule has 1 N–H and O–H groups in total. The minimum absolute atomic E-state index is 0.259. The number of hydrogen-bond acceptors (Lipinski definition) is 4. The van der Waals surface area contributed by atoms with Crippen LogP contribution in [-0.4, -0.2) is 20.6 Å². The van der Waals surface area contributed by atoms with E-state index in [1.54, 1.807) is 35.6 Å². The van der Waals surface area contributed by atoms with Crippen molar-refractivity contribution in [2.45, 2.75) is 25.3 Å². The zero-order valence-corrected chi connectivity index (χ0v) is 13.0. The third-order valence-electron chi connectivity index (χ3n) is 4.28. The third kappa shape index (κ3) is 2.17. The molecule has 1 aliphatic rings. The fourth-order valence-electron chi connectivity index (χ4n) is 3.24. The number of aliphatic carboxylic acids is 1. The van der Waals surface area contributed by atoms with Crippen molar-refractivity contribution in [3.05, 3.63) is 63.0 Å². The number of nitrogens with zero attached hydrogens (tertiary/aromatic N) is 2. The maximum atomic E-state index is 12.9. The quantitative estimate of drug-likeness (QED) is 0.803. The Labute approximate surface area is 135 Å². The van der Waals surface area contributed by atoms with Gasteiger partial charge in [0.05, 0.1) is 5.39 Å². The Balaban J connectivity index is 1.96. The number of hydrogen-bond donors (Lipinski definition) is 1. The van der Waals surface area contributed by atoms with Gasteiger partial charge in [0, 0.05) is 4.88 Å². The van der Waals surface area contributed by atoms with E-state index in [4.69, 9.17) is 0 Å². The van der Waals surface area contributed by atoms with Gasteiger partial charge in [0.2, 0.25) is 0 Å². The lowest BCUT2D eigenvalue weighted by Gasteiger charge is -2.15. The van der Waals surface area contributed by atoms with Gasteiger partial charge in [-0.2, -0.15) is 0 Å². The number of carbonyl (C=O) groups is 1. The molecular weight excluding hydrogens is 312 g/mol. The Morgan fingerprint density at radius 1 is 1.26 bits per heavy atom. The number of aromatic nitrogens is 2. The van der Waals surface area contributed by atoms with Crippen molar-refractivity contribution in [3.8, 4) is 0 Å². The van der Waals surface area contributed by atoms with Gasteiger partial charge in [-0.15, -0.1) is 11.3 Å². The van der Waals surface area contributed by atoms with Crippen molar-refractivity contribution in [2.24, 2.45) is 0 Å². The molecule has 5 nitrogen and oxygen atoms in total. The summed E-state index contributed by atoms with van der Waals surface area (Å²) in [5.41, 5.74) is 1.37. The molecule has 23 heavy (non-hydrogen) atoms. The Hall–Kier alpha value is -2.47. The van der Waals surface area contributed by atoms with Gasteiger partial charge in [0.1, 0.15) is 11.2 Å². The van der Waals surface area contributed by atoms with E-state index in [0.29, 0.717) is 15.8 Å². The fraction of sp³-hybridized carbons (Fsp3) is 0.235. The monoisotopic (exact) mass is 326 g/mol. The highest BCUT2D eigenvalue weighted by molar-refractivity contribution is 7.18. The van der Waals surface area contributed by atoms with Crippen LogP contribution in [0.3, 0.4) is 0 Å². The Morgan fingerprint density at radius 3 is 2.78 bits per heavy atom. The molecule has 1 aromatic carbocycles. The van der Waals surface area contributed by atoms with E-state index in [9.17, 15) is 14.7 Å². The van der Waals surface area contributed by atoms with Gasteiger partial charge in [-0.3, -0.25) is 9.36 Å². The van der Waals surface area contributed by atoms with E-state index in [-0.39, 0.29) is 5.56 Å². The van der Waals surface area contributed by atoms with Gasteiger partial charge < -0.3 is 5.11 Å². The van der Waals surface area contributed by atoms with Gasteiger partial charge in [0.25, 0.3) is 5.56 Å². The first-order chi connectivity index (χ1) is 11.2. The van der Waals surface area contributed by atoms with E-state index in [1.807, 2.05) is 6.07 Å². The SMILES string of the molecule is O=C(O)C(c1ccccc1)n1cnc2sc3c(c2c1=O)CCC3. The highest BCUT2D eigenvalue weighted by atomic mass is 32.1. The van der Waals surface area contributed by atoms with Gasteiger partial charge >= 0.3 is 5.97 Å². The molecule has 1 atom stereocenters. The average Bonchev–Trinajstić information content (AvgIpc) is 3.11. The summed E-state index contributed by atoms with van der Waals surface area (Å²) in [6.45, 7) is 0. The minimum Gasteiger partial charge on any atom is -0.479 e. The first-order valence-electron chi connectivity index (χ1n) is 7.46. The van der Waals surface area contributed by atoms with E-state index in [0.717, 1.165) is 24.8 Å². The Kier molecular flexibility index (Phi) is 3.27. The van der Waals surface area contributed by atoms with Crippen molar-refractivity contribution < 1.29 is 9.90 Å². The number of fused-ring (bicyclic) bond motifs is 3. The number of carboxylic acid groups (broad SMARTS) is 1. The summed E-state index contributed by atoms with van der Waals surface area (Å²) >= 11 is 1.55. The molecule has 3 aromatic rings. The maximum Gasteiger partial charge on any atom is 0.331 e. The summed E-state index contributed by atoms with van der Waals surface area (Å²) in [6, 6.07) is 7.73. The van der Waals surface area contributed by atoms with Crippen LogP contribution in [0.15, 0.2) is 41.5 Å². The van der Waals surface area contributed by atoms with Gasteiger partial charge in [0.15, 0.2) is 6.04 Å². The number of aryl methyl sites for hydroxylation is 2. The summed E-state index contributed by atoms with van der Waals surface area (Å²) in [6.07, 6.45) is 4.27. The fourth-order valence-corrected chi connectivity index (χ4v) is 4.46. The second kappa shape index (κ2) is 5.31. The highest BCUT2D eigenvalue weighted by Gasteiger charge is 2.27. The molecule has 6 heteroatoms. The number of rotatable bonds is 3. The normalized spacial score (nSPS) is 14.8. The van der Waals surface area contributed by atoms with E-state index in [2.05, 4.69) is 4.98 Å². The minimum atomic E-state index is -1.06. The Bertz CT molecular complexity index is 959. The summed E-state index contributed by atoms with van der Waals surface area (Å²) in [4.78, 5) is 31.0. The molecule has 0 radical (unpaired) electrons. The van der Waals surface area contributed by atoms with Crippen LogP contribution in [0.1, 0.15) is 28.5 Å². The largest absolute Gasteiger partial charge is 0.479 e. The van der Waals surface area contributed by atoms with E-state index < -0.39 is 12.0 Å². The lowest BCUT2D eigenvalue weighted by molar-refractivity contribution is -0.139. The molecule has 0 aliphatic heterocycles. The van der Waals surface area contributed by atoms with Crippen LogP contribution < -0.4 is 5.56 Å². The molecule has 0 spiro atoms. The molecule has 2 aromatic heterocycles. The van der Waals surface area contributed by atoms with Crippen molar-refractivity contribution in [3.63, 3.8) is 0 Å². The topological polar surface area (TPSA) is 72.2 Å². The Morgan fingerprint density at radius 2 is 2.04 bits per heavy atom. The number of benzene rings is 1. The first kappa shape index (κ1) is 14.1. The standard InChI is InChI=1S/C17H14N2O3S/c20-16-13-11-7-4-8-12(11)23-15(13)18-9-19(16)14(17(21)22)10-5-2-1-3-6-10/h1-3,5-6,9,14H,4,7-8H2,(H,21,22). The number of thiophene rings is 1. The van der Waals surface area contributed by atoms with Crippen molar-refractivity contribution >= 4 is 27.5 Å². The molecule has 0 amide bonds. The zero-order chi connectivity index (χ0) is 16.0. The summed E-state index contributed by atoms with van der Waals surface area (Å²) < 4.78 is 1.24. The lowest BCUT2D eigenvalue weighted by atomic mass is 10.1. The van der Waals surface area contributed by atoms with E-state index in [1.165, 1.54) is 15.8 Å². The molecule has 4 rings (SSSR count). The van der Waals surface area contributed by atoms with Gasteiger partial charge in [-0.05, 0) is 30.4 Å². The highest BCUT2D eigenvalue weighted by Crippen LogP contribution is 2.34. The molecule has 2 heterocycles. The van der Waals surface area contributed by atoms with Gasteiger partial charge in [-0.25, -0.2) is 9.78 Å². The lowest BCUT2D eigenvalue weighted by Crippen LogP contribution is -2.31. The van der Waals surface area contributed by atoms with Crippen LogP contribution >= 0.6 is 11.3 Å². The van der Waals surface area contributed by atoms with E-state index >= 15 is 0 Å². The second-order valence-electron chi connectivity index (χ2n) is 5.65. The summed E-state index contributed by atoms with van der Waals surface area (Å²) in [7, 11) is 0. The van der Waals surface area contributed by atoms with Crippen LogP contribution in [0.5, 0.6) is 0 Å². The van der Waals surface area contributed by atoms with Crippen LogP contribution in [0, 0.1) is 0 Å². The summed E-state index contributed by atoms with van der Waals surface area (Å²) in [5.74, 6) is -1.06. The molecule has 0 fully saturated rings. The van der Waals surface area contributed by atoms with Crippen LogP contribution in [0.25, 0.3) is 10.2 Å². The molecule has 0 bridgehead atoms. The number of carboxylic acids is 1. The molecule has 1 unspecified atom stereocenters. The van der Waals surface area contributed by atoms with Crippen LogP contribution in [-0.2, 0) is 17.6 Å². The third-order valence-corrected chi connectivity index (χ3v) is 5.48. The smallest absolute Gasteiger partial charge is 0.331 e. The molecule has 116 valence electrons. The van der Waals surface area contributed by atoms with Crippen molar-refractivity contribution in [1.29, 1.82) is 0 Å². The molecule has 1 aliphatic carbocycles. The van der Waals surface area contributed by atoms with Gasteiger partial charge in [-0.1, -0.05) is 30.3 Å². The zero-order valence-electron chi connectivity index (χ0n) is 12.2. The van der Waals surface area contributed by atoms with Crippen LogP contribution in [0.4, 0.5) is 0 Å². The second-order valence-corrected chi connectivity index (χ2v) is 6.73. The molecular formula is C17H14N2O3S. The summed E-state index contributed by atoms with van der Waals surface area (Å²) in [5, 5.41) is 10.2. The molecule has 0 saturated carbocycles. The predicted molar refractivity (Wildman–Crippen MR) is 88.1 cm³/mol. The van der Waals surface area contributed by atoms with Crippen molar-refractivity contribution in [1.82, 2.24) is 9.55 Å². The predicted octanol–water partition coefficient (Wildman–Crippen LogP) is 2.62. The van der Waals surface area contributed by atoms with Crippen LogP contribution in [0.2, 0.25) is 0 Å². The average molecular weight is 326 g/mol. The molecule has 0 saturated heterocycles. The first-order valence-corrected chi connectivity index (χ1v) is 8.27. The van der Waals surface area contributed by atoms with Crippen molar-refractivity contribution in [2.75, 3.05) is 0 Å². The maximum absolute atomic E-state index is 12.9.